The summed E-state index contributed by atoms with van der Waals surface area (Å²) < 4.78 is 0. The van der Waals surface area contributed by atoms with E-state index >= 15 is 0 Å². The third kappa shape index (κ3) is 12.3. The summed E-state index contributed by atoms with van der Waals surface area (Å²) in [4.78, 5) is 105. The molecular formula is C33H43N5O10S2. The summed E-state index contributed by atoms with van der Waals surface area (Å²) in [6, 6.07) is 6.02. The van der Waals surface area contributed by atoms with Gasteiger partial charge < -0.3 is 25.6 Å². The predicted octanol–water partition coefficient (Wildman–Crippen LogP) is 2.78. The first-order valence-corrected chi connectivity index (χ1v) is 19.0. The maximum Gasteiger partial charge on any atom is 0.334 e. The lowest BCUT2D eigenvalue weighted by atomic mass is 10.0. The molecule has 2 unspecified atom stereocenters. The van der Waals surface area contributed by atoms with Gasteiger partial charge in [0.05, 0.1) is 18.9 Å². The first-order chi connectivity index (χ1) is 24.0. The Labute approximate surface area is 298 Å². The van der Waals surface area contributed by atoms with E-state index in [9.17, 15) is 38.4 Å². The van der Waals surface area contributed by atoms with Crippen molar-refractivity contribution in [3.05, 3.63) is 34.9 Å². The Kier molecular flexibility index (Phi) is 14.9. The van der Waals surface area contributed by atoms with Crippen molar-refractivity contribution in [1.82, 2.24) is 26.1 Å². The molecule has 0 spiro atoms. The van der Waals surface area contributed by atoms with Crippen molar-refractivity contribution >= 4 is 71.0 Å². The normalized spacial score (nSPS) is 18.8. The molecule has 0 radical (unpaired) electrons. The summed E-state index contributed by atoms with van der Waals surface area (Å²) in [6.07, 6.45) is 3.89. The molecule has 0 saturated carbocycles. The number of carbonyl (C=O) groups excluding carboxylic acids is 8. The number of hydrogen-bond donors (Lipinski definition) is 3. The van der Waals surface area contributed by atoms with Crippen LogP contribution in [0, 0.1) is 0 Å². The van der Waals surface area contributed by atoms with Gasteiger partial charge in [-0.25, -0.2) is 14.4 Å². The number of nitrogens with one attached hydrogen (secondary N) is 3. The fraction of sp³-hybridized carbons (Fsp3) is 0.576. The number of thioether (sulfide) groups is 2. The molecule has 0 aliphatic carbocycles. The third-order valence-electron chi connectivity index (χ3n) is 8.14. The van der Waals surface area contributed by atoms with E-state index in [1.165, 1.54) is 23.5 Å². The molecule has 50 heavy (non-hydrogen) atoms. The lowest BCUT2D eigenvalue weighted by Gasteiger charge is -2.14. The Morgan fingerprint density at radius 3 is 1.70 bits per heavy atom. The van der Waals surface area contributed by atoms with Crippen LogP contribution in [0.1, 0.15) is 94.2 Å². The largest absolute Gasteiger partial charge is 0.352 e. The van der Waals surface area contributed by atoms with Gasteiger partial charge in [-0.2, -0.15) is 23.5 Å². The maximum absolute atomic E-state index is 12.6. The second-order valence-electron chi connectivity index (χ2n) is 12.2. The van der Waals surface area contributed by atoms with Crippen molar-refractivity contribution in [3.63, 3.8) is 0 Å². The standard InChI is InChI=1S/C33H43N5O10S2/c1-21-25(36-33(46)35-21)5-3-2-4-6-26(39)34-18-22-15-23(19-49-13-11-31(44)47-37-27(40)7-8-28(37)41)17-24(16-22)20-50-14-12-32(45)48-38-29(42)9-10-30(38)43/h15-17,21,25H,2-14,18-20H2,1H3,(H,34,39)(H2,35,36,46). The summed E-state index contributed by atoms with van der Waals surface area (Å²) in [5.74, 6) is -1.60. The van der Waals surface area contributed by atoms with Gasteiger partial charge in [0.2, 0.25) is 5.91 Å². The molecule has 1 aromatic rings. The average Bonchev–Trinajstić information content (AvgIpc) is 3.70. The SMILES string of the molecule is CC1NC(=O)NC1CCCCCC(=O)NCc1cc(CSCCC(=O)ON2C(=O)CCC2=O)cc(CSCCC(=O)ON2C(=O)CCC2=O)c1. The van der Waals surface area contributed by atoms with Gasteiger partial charge in [-0.15, -0.1) is 10.1 Å². The van der Waals surface area contributed by atoms with E-state index in [0.29, 0.717) is 46.1 Å². The number of imide groups is 2. The lowest BCUT2D eigenvalue weighted by Crippen LogP contribution is -2.32. The molecule has 4 rings (SSSR count). The van der Waals surface area contributed by atoms with Gasteiger partial charge in [0.15, 0.2) is 0 Å². The van der Waals surface area contributed by atoms with Gasteiger partial charge in [-0.1, -0.05) is 31.0 Å². The Bertz CT molecular complexity index is 1370. The average molecular weight is 734 g/mol. The summed E-state index contributed by atoms with van der Waals surface area (Å²) >= 11 is 2.95. The van der Waals surface area contributed by atoms with E-state index in [0.717, 1.165) is 42.4 Å². The Morgan fingerprint density at radius 2 is 1.22 bits per heavy atom. The molecule has 0 aromatic heterocycles. The van der Waals surface area contributed by atoms with Crippen LogP contribution in [0.2, 0.25) is 0 Å². The molecule has 15 nitrogen and oxygen atoms in total. The van der Waals surface area contributed by atoms with E-state index in [4.69, 9.17) is 9.68 Å². The summed E-state index contributed by atoms with van der Waals surface area (Å²) in [5.41, 5.74) is 2.81. The van der Waals surface area contributed by atoms with Crippen LogP contribution >= 0.6 is 23.5 Å². The van der Waals surface area contributed by atoms with E-state index in [1.807, 2.05) is 25.1 Å². The number of hydroxylamine groups is 4. The topological polar surface area (TPSA) is 198 Å². The van der Waals surface area contributed by atoms with Crippen LogP contribution in [-0.4, -0.2) is 81.2 Å². The van der Waals surface area contributed by atoms with Crippen LogP contribution in [0.25, 0.3) is 0 Å². The Morgan fingerprint density at radius 1 is 0.720 bits per heavy atom. The Balaban J connectivity index is 1.23. The van der Waals surface area contributed by atoms with Crippen LogP contribution in [0.15, 0.2) is 18.2 Å². The van der Waals surface area contributed by atoms with E-state index in [2.05, 4.69) is 16.0 Å². The first kappa shape index (κ1) is 38.7. The summed E-state index contributed by atoms with van der Waals surface area (Å²) in [7, 11) is 0. The van der Waals surface area contributed by atoms with Gasteiger partial charge in [0, 0.05) is 67.7 Å². The quantitative estimate of drug-likeness (QED) is 0.131. The number of carbonyl (C=O) groups is 8. The zero-order valence-electron chi connectivity index (χ0n) is 28.0. The number of nitrogens with zero attached hydrogens (tertiary/aromatic N) is 2. The van der Waals surface area contributed by atoms with Crippen LogP contribution in [0.4, 0.5) is 4.79 Å². The van der Waals surface area contributed by atoms with Gasteiger partial charge in [0.1, 0.15) is 0 Å². The third-order valence-corrected chi connectivity index (χ3v) is 10.2. The summed E-state index contributed by atoms with van der Waals surface area (Å²) in [6.45, 7) is 2.29. The second kappa shape index (κ2) is 19.3. The van der Waals surface area contributed by atoms with Crippen molar-refractivity contribution in [3.8, 4) is 0 Å². The fourth-order valence-corrected chi connectivity index (χ4v) is 7.21. The molecule has 1 aromatic carbocycles. The molecule has 3 aliphatic heterocycles. The minimum absolute atomic E-state index is 0.0100. The molecule has 0 bridgehead atoms. The highest BCUT2D eigenvalue weighted by molar-refractivity contribution is 7.98. The zero-order chi connectivity index (χ0) is 36.0. The molecule has 3 heterocycles. The van der Waals surface area contributed by atoms with Crippen LogP contribution < -0.4 is 16.0 Å². The van der Waals surface area contributed by atoms with Crippen molar-refractivity contribution in [1.29, 1.82) is 0 Å². The Hall–Kier alpha value is -4.12. The highest BCUT2D eigenvalue weighted by atomic mass is 32.2. The number of benzene rings is 1. The van der Waals surface area contributed by atoms with Gasteiger partial charge in [-0.05, 0) is 36.5 Å². The first-order valence-electron chi connectivity index (χ1n) is 16.7. The monoisotopic (exact) mass is 733 g/mol. The van der Waals surface area contributed by atoms with Crippen LogP contribution in [0.3, 0.4) is 0 Å². The second-order valence-corrected chi connectivity index (χ2v) is 14.5. The van der Waals surface area contributed by atoms with Crippen LogP contribution in [-0.2, 0) is 61.3 Å². The van der Waals surface area contributed by atoms with Gasteiger partial charge in [0.25, 0.3) is 23.6 Å². The minimum atomic E-state index is -0.663. The smallest absolute Gasteiger partial charge is 0.334 e. The van der Waals surface area contributed by atoms with E-state index in [1.54, 1.807) is 0 Å². The van der Waals surface area contributed by atoms with E-state index in [-0.39, 0.29) is 62.5 Å². The number of hydrogen-bond acceptors (Lipinski definition) is 12. The molecule has 17 heteroatoms. The molecule has 272 valence electrons. The molecule has 3 fully saturated rings. The number of unbranched alkanes of at least 4 members (excludes halogenated alkanes) is 2. The maximum atomic E-state index is 12.6. The minimum Gasteiger partial charge on any atom is -0.352 e. The van der Waals surface area contributed by atoms with E-state index < -0.39 is 35.6 Å². The fourth-order valence-electron chi connectivity index (χ4n) is 5.49. The van der Waals surface area contributed by atoms with Crippen molar-refractivity contribution in [2.75, 3.05) is 11.5 Å². The molecule has 2 atom stereocenters. The molecule has 7 amide bonds. The number of amides is 7. The van der Waals surface area contributed by atoms with Crippen molar-refractivity contribution in [2.45, 2.75) is 108 Å². The zero-order valence-corrected chi connectivity index (χ0v) is 29.6. The molecule has 3 aliphatic rings. The summed E-state index contributed by atoms with van der Waals surface area (Å²) in [5, 5.41) is 9.80. The number of urea groups is 1. The van der Waals surface area contributed by atoms with Crippen LogP contribution in [0.5, 0.6) is 0 Å². The van der Waals surface area contributed by atoms with Gasteiger partial charge >= 0.3 is 18.0 Å². The predicted molar refractivity (Wildman–Crippen MR) is 182 cm³/mol. The van der Waals surface area contributed by atoms with Gasteiger partial charge in [-0.3, -0.25) is 24.0 Å². The highest BCUT2D eigenvalue weighted by Gasteiger charge is 2.33. The molecule has 3 N–H and O–H groups in total. The molecule has 3 saturated heterocycles. The lowest BCUT2D eigenvalue weighted by molar-refractivity contribution is -0.197. The molecular weight excluding hydrogens is 691 g/mol. The van der Waals surface area contributed by atoms with Crippen molar-refractivity contribution in [2.24, 2.45) is 0 Å². The van der Waals surface area contributed by atoms with Crippen molar-refractivity contribution < 1.29 is 48.0 Å². The highest BCUT2D eigenvalue weighted by Crippen LogP contribution is 2.22. The number of rotatable bonds is 20.